The quantitative estimate of drug-likeness (QED) is 0.754. The Kier molecular flexibility index (Phi) is 3.37. The molecule has 0 atom stereocenters. The molecule has 92 valence electrons. The molecule has 0 aliphatic carbocycles. The van der Waals surface area contributed by atoms with Crippen LogP contribution in [0.25, 0.3) is 0 Å². The first-order valence-electron chi connectivity index (χ1n) is 6.33. The molecule has 3 rings (SSSR count). The van der Waals surface area contributed by atoms with Gasteiger partial charge in [-0.2, -0.15) is 0 Å². The van der Waals surface area contributed by atoms with Crippen LogP contribution in [0.15, 0.2) is 48.5 Å². The summed E-state index contributed by atoms with van der Waals surface area (Å²) in [6.45, 7) is 2.15. The van der Waals surface area contributed by atoms with E-state index in [0.717, 1.165) is 24.8 Å². The SMILES string of the molecule is BrCc1ccc(N2CCc3ccccc3C2)cc1. The van der Waals surface area contributed by atoms with Crippen molar-refractivity contribution in [3.8, 4) is 0 Å². The number of fused-ring (bicyclic) bond motifs is 1. The zero-order chi connectivity index (χ0) is 12.4. The molecular formula is C16H16BrN. The van der Waals surface area contributed by atoms with Gasteiger partial charge in [0.05, 0.1) is 0 Å². The summed E-state index contributed by atoms with van der Waals surface area (Å²) in [5, 5.41) is 0.927. The van der Waals surface area contributed by atoms with Crippen LogP contribution in [0, 0.1) is 0 Å². The van der Waals surface area contributed by atoms with Crippen molar-refractivity contribution in [2.24, 2.45) is 0 Å². The van der Waals surface area contributed by atoms with Crippen LogP contribution in [0.3, 0.4) is 0 Å². The second kappa shape index (κ2) is 5.15. The largest absolute Gasteiger partial charge is 0.367 e. The molecule has 1 heterocycles. The van der Waals surface area contributed by atoms with Gasteiger partial charge < -0.3 is 4.90 Å². The fraction of sp³-hybridized carbons (Fsp3) is 0.250. The van der Waals surface area contributed by atoms with Crippen molar-refractivity contribution in [2.45, 2.75) is 18.3 Å². The van der Waals surface area contributed by atoms with Gasteiger partial charge in [0.25, 0.3) is 0 Å². The summed E-state index contributed by atoms with van der Waals surface area (Å²) in [6.07, 6.45) is 1.15. The minimum Gasteiger partial charge on any atom is -0.367 e. The van der Waals surface area contributed by atoms with Crippen molar-refractivity contribution in [1.82, 2.24) is 0 Å². The summed E-state index contributed by atoms with van der Waals surface area (Å²) in [5.74, 6) is 0. The molecule has 0 N–H and O–H groups in total. The van der Waals surface area contributed by atoms with Gasteiger partial charge in [0, 0.05) is 24.1 Å². The van der Waals surface area contributed by atoms with E-state index in [1.54, 1.807) is 0 Å². The van der Waals surface area contributed by atoms with Crippen LogP contribution >= 0.6 is 15.9 Å². The van der Waals surface area contributed by atoms with Crippen LogP contribution in [0.4, 0.5) is 5.69 Å². The van der Waals surface area contributed by atoms with E-state index < -0.39 is 0 Å². The molecule has 0 saturated heterocycles. The third-order valence-electron chi connectivity index (χ3n) is 3.59. The third kappa shape index (κ3) is 2.30. The van der Waals surface area contributed by atoms with E-state index in [2.05, 4.69) is 69.4 Å². The lowest BCUT2D eigenvalue weighted by Crippen LogP contribution is -2.30. The third-order valence-corrected chi connectivity index (χ3v) is 4.23. The number of nitrogens with zero attached hydrogens (tertiary/aromatic N) is 1. The molecule has 0 aromatic heterocycles. The smallest absolute Gasteiger partial charge is 0.0432 e. The monoisotopic (exact) mass is 301 g/mol. The Labute approximate surface area is 117 Å². The lowest BCUT2D eigenvalue weighted by atomic mass is 9.99. The summed E-state index contributed by atoms with van der Waals surface area (Å²) >= 11 is 3.49. The summed E-state index contributed by atoms with van der Waals surface area (Å²) in [6, 6.07) is 17.6. The number of anilines is 1. The van der Waals surface area contributed by atoms with Crippen LogP contribution in [0.1, 0.15) is 16.7 Å². The summed E-state index contributed by atoms with van der Waals surface area (Å²) < 4.78 is 0. The molecule has 0 amide bonds. The molecule has 2 aromatic carbocycles. The number of benzene rings is 2. The number of hydrogen-bond acceptors (Lipinski definition) is 1. The van der Waals surface area contributed by atoms with Gasteiger partial charge in [0.1, 0.15) is 0 Å². The molecule has 1 nitrogen and oxygen atoms in total. The lowest BCUT2D eigenvalue weighted by molar-refractivity contribution is 0.731. The Balaban J connectivity index is 1.82. The zero-order valence-electron chi connectivity index (χ0n) is 10.3. The lowest BCUT2D eigenvalue weighted by Gasteiger charge is -2.30. The first-order valence-corrected chi connectivity index (χ1v) is 7.45. The molecule has 1 aliphatic heterocycles. The number of rotatable bonds is 2. The Morgan fingerprint density at radius 1 is 0.944 bits per heavy atom. The molecule has 2 heteroatoms. The minimum atomic E-state index is 0.927. The second-order valence-electron chi connectivity index (χ2n) is 4.74. The molecular weight excluding hydrogens is 286 g/mol. The Morgan fingerprint density at radius 3 is 2.39 bits per heavy atom. The fourth-order valence-electron chi connectivity index (χ4n) is 2.51. The summed E-state index contributed by atoms with van der Waals surface area (Å²) in [7, 11) is 0. The van der Waals surface area contributed by atoms with Gasteiger partial charge in [-0.15, -0.1) is 0 Å². The molecule has 0 saturated carbocycles. The maximum absolute atomic E-state index is 3.49. The van der Waals surface area contributed by atoms with Gasteiger partial charge in [-0.05, 0) is 35.2 Å². The van der Waals surface area contributed by atoms with Gasteiger partial charge in [-0.3, -0.25) is 0 Å². The van der Waals surface area contributed by atoms with Gasteiger partial charge >= 0.3 is 0 Å². The molecule has 1 aliphatic rings. The molecule has 0 unspecified atom stereocenters. The van der Waals surface area contributed by atoms with Gasteiger partial charge in [-0.25, -0.2) is 0 Å². The molecule has 2 aromatic rings. The molecule has 0 fully saturated rings. The van der Waals surface area contributed by atoms with Crippen LogP contribution in [-0.2, 0) is 18.3 Å². The Hall–Kier alpha value is -1.28. The maximum Gasteiger partial charge on any atom is 0.0432 e. The average Bonchev–Trinajstić information content (AvgIpc) is 2.47. The molecule has 0 bridgehead atoms. The van der Waals surface area contributed by atoms with E-state index in [4.69, 9.17) is 0 Å². The van der Waals surface area contributed by atoms with Crippen molar-refractivity contribution in [3.63, 3.8) is 0 Å². The van der Waals surface area contributed by atoms with E-state index in [1.807, 2.05) is 0 Å². The molecule has 18 heavy (non-hydrogen) atoms. The van der Waals surface area contributed by atoms with Crippen molar-refractivity contribution >= 4 is 21.6 Å². The predicted octanol–water partition coefficient (Wildman–Crippen LogP) is 4.14. The maximum atomic E-state index is 3.49. The number of alkyl halides is 1. The van der Waals surface area contributed by atoms with Crippen LogP contribution in [-0.4, -0.2) is 6.54 Å². The van der Waals surface area contributed by atoms with Crippen molar-refractivity contribution in [1.29, 1.82) is 0 Å². The van der Waals surface area contributed by atoms with E-state index >= 15 is 0 Å². The highest BCUT2D eigenvalue weighted by Crippen LogP contribution is 2.24. The standard InChI is InChI=1S/C16H16BrN/c17-11-13-5-7-16(8-6-13)18-10-9-14-3-1-2-4-15(14)12-18/h1-8H,9-12H2. The highest BCUT2D eigenvalue weighted by Gasteiger charge is 2.15. The van der Waals surface area contributed by atoms with Crippen molar-refractivity contribution in [3.05, 3.63) is 65.2 Å². The normalized spacial score (nSPS) is 14.4. The fourth-order valence-corrected chi connectivity index (χ4v) is 2.89. The average molecular weight is 302 g/mol. The Bertz CT molecular complexity index is 533. The van der Waals surface area contributed by atoms with E-state index in [9.17, 15) is 0 Å². The molecule has 0 spiro atoms. The number of hydrogen-bond donors (Lipinski definition) is 0. The van der Waals surface area contributed by atoms with Crippen LogP contribution in [0.5, 0.6) is 0 Å². The van der Waals surface area contributed by atoms with Gasteiger partial charge in [0.15, 0.2) is 0 Å². The van der Waals surface area contributed by atoms with Crippen LogP contribution < -0.4 is 4.90 Å². The highest BCUT2D eigenvalue weighted by atomic mass is 79.9. The zero-order valence-corrected chi connectivity index (χ0v) is 11.9. The van der Waals surface area contributed by atoms with Gasteiger partial charge in [-0.1, -0.05) is 52.3 Å². The predicted molar refractivity (Wildman–Crippen MR) is 80.3 cm³/mol. The van der Waals surface area contributed by atoms with E-state index in [-0.39, 0.29) is 0 Å². The molecule has 0 radical (unpaired) electrons. The topological polar surface area (TPSA) is 3.24 Å². The van der Waals surface area contributed by atoms with E-state index in [1.165, 1.54) is 22.4 Å². The minimum absolute atomic E-state index is 0.927. The summed E-state index contributed by atoms with van der Waals surface area (Å²) in [5.41, 5.74) is 5.63. The number of halogens is 1. The van der Waals surface area contributed by atoms with Crippen molar-refractivity contribution in [2.75, 3.05) is 11.4 Å². The second-order valence-corrected chi connectivity index (χ2v) is 5.30. The first kappa shape index (κ1) is 11.8. The summed E-state index contributed by atoms with van der Waals surface area (Å²) in [4.78, 5) is 2.46. The van der Waals surface area contributed by atoms with Crippen LogP contribution in [0.2, 0.25) is 0 Å². The van der Waals surface area contributed by atoms with Crippen molar-refractivity contribution < 1.29 is 0 Å². The van der Waals surface area contributed by atoms with E-state index in [0.29, 0.717) is 0 Å². The highest BCUT2D eigenvalue weighted by molar-refractivity contribution is 9.08. The Morgan fingerprint density at radius 2 is 1.67 bits per heavy atom. The van der Waals surface area contributed by atoms with Gasteiger partial charge in [0.2, 0.25) is 0 Å². The first-order chi connectivity index (χ1) is 8.86.